The Morgan fingerprint density at radius 2 is 2.07 bits per heavy atom. The van der Waals surface area contributed by atoms with Crippen molar-refractivity contribution in [1.29, 1.82) is 5.26 Å². The first-order chi connectivity index (χ1) is 13.9. The van der Waals surface area contributed by atoms with Crippen molar-refractivity contribution in [3.05, 3.63) is 50.6 Å². The minimum Gasteiger partial charge on any atom is -0.352 e. The van der Waals surface area contributed by atoms with Crippen molar-refractivity contribution in [2.24, 2.45) is 11.8 Å². The Kier molecular flexibility index (Phi) is 7.20. The number of hydrogen-bond acceptors (Lipinski definition) is 5. The second kappa shape index (κ2) is 9.64. The molecule has 1 aliphatic carbocycles. The van der Waals surface area contributed by atoms with Gasteiger partial charge in [0.25, 0.3) is 0 Å². The Bertz CT molecular complexity index is 913. The molecule has 1 atom stereocenters. The number of thioether (sulfide) groups is 1. The molecule has 0 unspecified atom stereocenters. The molecule has 152 valence electrons. The maximum Gasteiger partial charge on any atom is 0.234 e. The number of dihydropyridines is 1. The first kappa shape index (κ1) is 21.7. The number of carbonyl (C=O) groups excluding carboxylic acids is 2. The molecule has 3 rings (SSSR count). The van der Waals surface area contributed by atoms with Crippen LogP contribution < -0.4 is 10.6 Å². The number of amides is 1. The first-order valence-electron chi connectivity index (χ1n) is 9.74. The van der Waals surface area contributed by atoms with Gasteiger partial charge in [-0.15, -0.1) is 0 Å². The second-order valence-electron chi connectivity index (χ2n) is 7.67. The monoisotopic (exact) mass is 473 g/mol. The van der Waals surface area contributed by atoms with E-state index in [1.165, 1.54) is 11.8 Å². The highest BCUT2D eigenvalue weighted by molar-refractivity contribution is 9.10. The fraction of sp³-hybridized carbons (Fsp3) is 0.409. The van der Waals surface area contributed by atoms with E-state index in [4.69, 9.17) is 0 Å². The summed E-state index contributed by atoms with van der Waals surface area (Å²) >= 11 is 4.70. The van der Waals surface area contributed by atoms with Crippen molar-refractivity contribution in [2.75, 3.05) is 11.1 Å². The van der Waals surface area contributed by atoms with E-state index in [1.54, 1.807) is 0 Å². The number of nitrogens with zero attached hydrogens (tertiary/aromatic N) is 1. The average Bonchev–Trinajstić information content (AvgIpc) is 2.67. The zero-order valence-electron chi connectivity index (χ0n) is 16.5. The molecule has 0 radical (unpaired) electrons. The summed E-state index contributed by atoms with van der Waals surface area (Å²) < 4.78 is 0.947. The maximum atomic E-state index is 12.6. The van der Waals surface area contributed by atoms with Gasteiger partial charge in [0.1, 0.15) is 0 Å². The minimum absolute atomic E-state index is 0.135. The molecule has 0 spiro atoms. The quantitative estimate of drug-likeness (QED) is 0.598. The lowest BCUT2D eigenvalue weighted by Gasteiger charge is -2.33. The van der Waals surface area contributed by atoms with Crippen LogP contribution in [0.2, 0.25) is 0 Å². The third kappa shape index (κ3) is 5.31. The Hall–Kier alpha value is -2.04. The summed E-state index contributed by atoms with van der Waals surface area (Å²) in [5.41, 5.74) is 3.02. The number of hydrogen-bond donors (Lipinski definition) is 2. The van der Waals surface area contributed by atoms with Gasteiger partial charge < -0.3 is 10.6 Å². The average molecular weight is 474 g/mol. The molecule has 0 aromatic heterocycles. The lowest BCUT2D eigenvalue weighted by Crippen LogP contribution is -2.33. The summed E-state index contributed by atoms with van der Waals surface area (Å²) in [6, 6.07) is 9.71. The van der Waals surface area contributed by atoms with E-state index in [1.807, 2.05) is 24.3 Å². The van der Waals surface area contributed by atoms with Crippen LogP contribution in [0, 0.1) is 23.2 Å². The molecule has 29 heavy (non-hydrogen) atoms. The van der Waals surface area contributed by atoms with Crippen LogP contribution in [0.25, 0.3) is 0 Å². The fourth-order valence-electron chi connectivity index (χ4n) is 3.72. The van der Waals surface area contributed by atoms with Crippen LogP contribution in [-0.2, 0) is 9.59 Å². The third-order valence-corrected chi connectivity index (χ3v) is 6.51. The zero-order chi connectivity index (χ0) is 21.0. The van der Waals surface area contributed by atoms with E-state index >= 15 is 0 Å². The van der Waals surface area contributed by atoms with E-state index in [-0.39, 0.29) is 23.4 Å². The maximum absolute atomic E-state index is 12.6. The van der Waals surface area contributed by atoms with E-state index in [0.717, 1.165) is 40.7 Å². The number of carbonyl (C=O) groups is 2. The summed E-state index contributed by atoms with van der Waals surface area (Å²) in [5.74, 6) is 0.380. The van der Waals surface area contributed by atoms with E-state index < -0.39 is 0 Å². The number of nitriles is 1. The number of nitrogens with one attached hydrogen (secondary N) is 2. The summed E-state index contributed by atoms with van der Waals surface area (Å²) in [6.45, 7) is 4.20. The molecule has 1 amide bonds. The summed E-state index contributed by atoms with van der Waals surface area (Å²) in [6.07, 6.45) is 2.93. The number of rotatable bonds is 6. The normalized spacial score (nSPS) is 19.0. The van der Waals surface area contributed by atoms with Crippen molar-refractivity contribution in [3.8, 4) is 6.07 Å². The molecular weight excluding hydrogens is 450 g/mol. The van der Waals surface area contributed by atoms with Gasteiger partial charge in [-0.2, -0.15) is 5.26 Å². The number of halogens is 1. The van der Waals surface area contributed by atoms with Gasteiger partial charge in [0.05, 0.1) is 22.4 Å². The van der Waals surface area contributed by atoms with E-state index in [0.29, 0.717) is 22.9 Å². The lowest BCUT2D eigenvalue weighted by atomic mass is 9.77. The van der Waals surface area contributed by atoms with Gasteiger partial charge in [-0.3, -0.25) is 9.59 Å². The minimum atomic E-state index is -0.180. The van der Waals surface area contributed by atoms with Gasteiger partial charge in [0.2, 0.25) is 5.91 Å². The van der Waals surface area contributed by atoms with Gasteiger partial charge in [0.15, 0.2) is 5.78 Å². The Balaban J connectivity index is 1.76. The van der Waals surface area contributed by atoms with Crippen molar-refractivity contribution < 1.29 is 9.59 Å². The third-order valence-electron chi connectivity index (χ3n) is 4.97. The van der Waals surface area contributed by atoms with Crippen molar-refractivity contribution >= 4 is 45.1 Å². The standard InChI is InChI=1S/C22H24BrN3O2S/c1-13(2)10-16-17(11-24)22(26-18-4-3-5-19(27)21(16)18)29-12-20(28)25-15-8-6-14(23)7-9-15/h6-9,13,16,26H,3-5,10,12H2,1-2H3,(H,25,28)/t16-/m1/s1. The fourth-order valence-corrected chi connectivity index (χ4v) is 4.87. The highest BCUT2D eigenvalue weighted by atomic mass is 79.9. The van der Waals surface area contributed by atoms with Crippen LogP contribution >= 0.6 is 27.7 Å². The van der Waals surface area contributed by atoms with Crippen molar-refractivity contribution in [3.63, 3.8) is 0 Å². The second-order valence-corrected chi connectivity index (χ2v) is 9.58. The molecule has 1 aliphatic heterocycles. The van der Waals surface area contributed by atoms with Gasteiger partial charge >= 0.3 is 0 Å². The molecule has 2 aliphatic rings. The van der Waals surface area contributed by atoms with Crippen LogP contribution in [0.1, 0.15) is 39.5 Å². The SMILES string of the molecule is CC(C)C[C@@H]1C(C#N)=C(SCC(=O)Nc2ccc(Br)cc2)NC2=C1C(=O)CCC2. The smallest absolute Gasteiger partial charge is 0.234 e. The largest absolute Gasteiger partial charge is 0.352 e. The molecule has 1 aromatic rings. The van der Waals surface area contributed by atoms with Gasteiger partial charge in [-0.05, 0) is 49.4 Å². The number of allylic oxidation sites excluding steroid dienone is 3. The number of ketones is 1. The Labute approximate surface area is 184 Å². The topological polar surface area (TPSA) is 82.0 Å². The molecule has 2 N–H and O–H groups in total. The first-order valence-corrected chi connectivity index (χ1v) is 11.5. The van der Waals surface area contributed by atoms with E-state index in [2.05, 4.69) is 46.5 Å². The van der Waals surface area contributed by atoms with Crippen LogP contribution in [0.4, 0.5) is 5.69 Å². The summed E-state index contributed by atoms with van der Waals surface area (Å²) in [4.78, 5) is 25.0. The summed E-state index contributed by atoms with van der Waals surface area (Å²) in [7, 11) is 0. The molecule has 1 aromatic carbocycles. The molecular formula is C22H24BrN3O2S. The summed E-state index contributed by atoms with van der Waals surface area (Å²) in [5, 5.41) is 16.7. The zero-order valence-corrected chi connectivity index (χ0v) is 19.0. The van der Waals surface area contributed by atoms with Gasteiger partial charge in [-0.25, -0.2) is 0 Å². The number of anilines is 1. The Morgan fingerprint density at radius 3 is 2.72 bits per heavy atom. The molecule has 0 bridgehead atoms. The molecule has 0 saturated heterocycles. The Morgan fingerprint density at radius 1 is 1.34 bits per heavy atom. The van der Waals surface area contributed by atoms with Crippen LogP contribution in [-0.4, -0.2) is 17.4 Å². The van der Waals surface area contributed by atoms with Crippen LogP contribution in [0.15, 0.2) is 50.6 Å². The van der Waals surface area contributed by atoms with E-state index in [9.17, 15) is 14.9 Å². The van der Waals surface area contributed by atoms with Gasteiger partial charge in [0, 0.05) is 33.8 Å². The van der Waals surface area contributed by atoms with Gasteiger partial charge in [-0.1, -0.05) is 41.5 Å². The molecule has 0 saturated carbocycles. The lowest BCUT2D eigenvalue weighted by molar-refractivity contribution is -0.116. The predicted octanol–water partition coefficient (Wildman–Crippen LogP) is 5.13. The molecule has 1 heterocycles. The molecule has 7 heteroatoms. The highest BCUT2D eigenvalue weighted by Crippen LogP contribution is 2.41. The molecule has 0 fully saturated rings. The number of benzene rings is 1. The van der Waals surface area contributed by atoms with Crippen molar-refractivity contribution in [2.45, 2.75) is 39.5 Å². The highest BCUT2D eigenvalue weighted by Gasteiger charge is 2.36. The van der Waals surface area contributed by atoms with Crippen LogP contribution in [0.5, 0.6) is 0 Å². The number of Topliss-reactive ketones (excluding diaryl/α,β-unsaturated/α-hetero) is 1. The molecule has 5 nitrogen and oxygen atoms in total. The van der Waals surface area contributed by atoms with Crippen molar-refractivity contribution in [1.82, 2.24) is 5.32 Å². The predicted molar refractivity (Wildman–Crippen MR) is 120 cm³/mol. The van der Waals surface area contributed by atoms with Crippen LogP contribution in [0.3, 0.4) is 0 Å².